The van der Waals surface area contributed by atoms with E-state index in [-0.39, 0.29) is 0 Å². The fourth-order valence-electron chi connectivity index (χ4n) is 2.23. The molecule has 0 aliphatic rings. The van der Waals surface area contributed by atoms with Crippen molar-refractivity contribution in [3.05, 3.63) is 59.2 Å². The summed E-state index contributed by atoms with van der Waals surface area (Å²) in [5, 5.41) is 3.46. The van der Waals surface area contributed by atoms with Crippen LogP contribution in [0.1, 0.15) is 30.0 Å². The number of aryl methyl sites for hydroxylation is 2. The van der Waals surface area contributed by atoms with Gasteiger partial charge in [-0.15, -0.1) is 0 Å². The maximum Gasteiger partial charge on any atom is 0.0205 e. The summed E-state index contributed by atoms with van der Waals surface area (Å²) < 4.78 is 0. The van der Waals surface area contributed by atoms with Crippen molar-refractivity contribution < 1.29 is 0 Å². The Morgan fingerprint density at radius 3 is 2.37 bits per heavy atom. The molecule has 2 aromatic rings. The summed E-state index contributed by atoms with van der Waals surface area (Å²) >= 11 is 0. The van der Waals surface area contributed by atoms with Gasteiger partial charge in [0.2, 0.25) is 0 Å². The average Bonchev–Trinajstić information content (AvgIpc) is 2.42. The molecule has 0 spiro atoms. The van der Waals surface area contributed by atoms with Crippen LogP contribution >= 0.6 is 0 Å². The minimum atomic E-state index is 0.951. The Morgan fingerprint density at radius 2 is 1.68 bits per heavy atom. The SMILES string of the molecule is CCCNCc1ccc(C)c(-c2ccc(C)cc2)c1. The smallest absolute Gasteiger partial charge is 0.0205 e. The highest BCUT2D eigenvalue weighted by atomic mass is 14.8. The molecule has 0 radical (unpaired) electrons. The molecule has 0 aliphatic heterocycles. The first-order valence-corrected chi connectivity index (χ1v) is 7.08. The number of hydrogen-bond acceptors (Lipinski definition) is 1. The monoisotopic (exact) mass is 253 g/mol. The zero-order valence-electron chi connectivity index (χ0n) is 12.2. The van der Waals surface area contributed by atoms with Gasteiger partial charge in [0.1, 0.15) is 0 Å². The Kier molecular flexibility index (Phi) is 4.75. The first-order valence-electron chi connectivity index (χ1n) is 7.08. The lowest BCUT2D eigenvalue weighted by Crippen LogP contribution is -2.13. The van der Waals surface area contributed by atoms with Crippen molar-refractivity contribution in [2.45, 2.75) is 33.7 Å². The average molecular weight is 253 g/mol. The predicted molar refractivity (Wildman–Crippen MR) is 83.3 cm³/mol. The van der Waals surface area contributed by atoms with Crippen molar-refractivity contribution in [3.8, 4) is 11.1 Å². The van der Waals surface area contributed by atoms with Crippen molar-refractivity contribution in [1.82, 2.24) is 5.32 Å². The molecule has 0 saturated heterocycles. The minimum absolute atomic E-state index is 0.951. The quantitative estimate of drug-likeness (QED) is 0.775. The van der Waals surface area contributed by atoms with Crippen molar-refractivity contribution in [1.29, 1.82) is 0 Å². The largest absolute Gasteiger partial charge is 0.313 e. The van der Waals surface area contributed by atoms with Gasteiger partial charge >= 0.3 is 0 Å². The van der Waals surface area contributed by atoms with Gasteiger partial charge in [-0.3, -0.25) is 0 Å². The van der Waals surface area contributed by atoms with E-state index >= 15 is 0 Å². The van der Waals surface area contributed by atoms with Crippen LogP contribution in [-0.2, 0) is 6.54 Å². The predicted octanol–water partition coefficient (Wildman–Crippen LogP) is 4.47. The molecule has 19 heavy (non-hydrogen) atoms. The molecule has 1 N–H and O–H groups in total. The second-order valence-corrected chi connectivity index (χ2v) is 5.19. The number of nitrogens with one attached hydrogen (secondary N) is 1. The first-order chi connectivity index (χ1) is 9.20. The third-order valence-corrected chi connectivity index (χ3v) is 3.42. The molecule has 1 heteroatoms. The van der Waals surface area contributed by atoms with Crippen molar-refractivity contribution >= 4 is 0 Å². The molecule has 2 rings (SSSR count). The third kappa shape index (κ3) is 3.68. The lowest BCUT2D eigenvalue weighted by Gasteiger charge is -2.10. The van der Waals surface area contributed by atoms with E-state index in [1.807, 2.05) is 0 Å². The molecule has 0 aliphatic carbocycles. The zero-order valence-corrected chi connectivity index (χ0v) is 12.2. The normalized spacial score (nSPS) is 10.7. The van der Waals surface area contributed by atoms with E-state index in [1.54, 1.807) is 0 Å². The van der Waals surface area contributed by atoms with Crippen LogP contribution in [0.3, 0.4) is 0 Å². The molecule has 0 fully saturated rings. The van der Waals surface area contributed by atoms with Crippen LogP contribution in [-0.4, -0.2) is 6.54 Å². The topological polar surface area (TPSA) is 12.0 Å². The van der Waals surface area contributed by atoms with Gasteiger partial charge in [-0.1, -0.05) is 48.9 Å². The molecule has 0 amide bonds. The molecule has 2 aromatic carbocycles. The van der Waals surface area contributed by atoms with E-state index in [0.717, 1.165) is 13.1 Å². The highest BCUT2D eigenvalue weighted by Crippen LogP contribution is 2.25. The Bertz CT molecular complexity index is 526. The lowest BCUT2D eigenvalue weighted by atomic mass is 9.97. The van der Waals surface area contributed by atoms with Gasteiger partial charge in [0, 0.05) is 6.54 Å². The van der Waals surface area contributed by atoms with E-state index in [9.17, 15) is 0 Å². The van der Waals surface area contributed by atoms with E-state index in [0.29, 0.717) is 0 Å². The standard InChI is InChI=1S/C18H23N/c1-4-11-19-13-16-8-7-15(3)18(12-16)17-9-5-14(2)6-10-17/h5-10,12,19H,4,11,13H2,1-3H3. The Hall–Kier alpha value is -1.60. The summed E-state index contributed by atoms with van der Waals surface area (Å²) in [5.74, 6) is 0. The van der Waals surface area contributed by atoms with Crippen LogP contribution in [0.15, 0.2) is 42.5 Å². The fourth-order valence-corrected chi connectivity index (χ4v) is 2.23. The van der Waals surface area contributed by atoms with Crippen LogP contribution in [0.5, 0.6) is 0 Å². The van der Waals surface area contributed by atoms with Gasteiger partial charge in [0.15, 0.2) is 0 Å². The van der Waals surface area contributed by atoms with E-state index in [1.165, 1.54) is 34.2 Å². The summed E-state index contributed by atoms with van der Waals surface area (Å²) in [6.07, 6.45) is 1.18. The van der Waals surface area contributed by atoms with Crippen molar-refractivity contribution in [3.63, 3.8) is 0 Å². The van der Waals surface area contributed by atoms with E-state index in [2.05, 4.69) is 68.6 Å². The van der Waals surface area contributed by atoms with Crippen LogP contribution < -0.4 is 5.32 Å². The number of hydrogen-bond donors (Lipinski definition) is 1. The van der Waals surface area contributed by atoms with Crippen molar-refractivity contribution in [2.24, 2.45) is 0 Å². The van der Waals surface area contributed by atoms with Gasteiger partial charge in [0.25, 0.3) is 0 Å². The summed E-state index contributed by atoms with van der Waals surface area (Å²) in [4.78, 5) is 0. The molecule has 0 atom stereocenters. The van der Waals surface area contributed by atoms with E-state index in [4.69, 9.17) is 0 Å². The van der Waals surface area contributed by atoms with Crippen LogP contribution in [0.2, 0.25) is 0 Å². The Labute approximate surface area is 116 Å². The van der Waals surface area contributed by atoms with Gasteiger partial charge in [-0.25, -0.2) is 0 Å². The zero-order chi connectivity index (χ0) is 13.7. The second-order valence-electron chi connectivity index (χ2n) is 5.19. The lowest BCUT2D eigenvalue weighted by molar-refractivity contribution is 0.675. The van der Waals surface area contributed by atoms with Crippen LogP contribution in [0.4, 0.5) is 0 Å². The summed E-state index contributed by atoms with van der Waals surface area (Å²) in [6, 6.07) is 15.5. The molecule has 100 valence electrons. The van der Waals surface area contributed by atoms with Crippen LogP contribution in [0.25, 0.3) is 11.1 Å². The highest BCUT2D eigenvalue weighted by molar-refractivity contribution is 5.68. The Balaban J connectivity index is 2.24. The Morgan fingerprint density at radius 1 is 0.947 bits per heavy atom. The maximum absolute atomic E-state index is 3.46. The molecule has 0 unspecified atom stereocenters. The second kappa shape index (κ2) is 6.53. The molecule has 0 aromatic heterocycles. The molecular weight excluding hydrogens is 230 g/mol. The summed E-state index contributed by atoms with van der Waals surface area (Å²) in [6.45, 7) is 8.53. The van der Waals surface area contributed by atoms with E-state index < -0.39 is 0 Å². The number of benzene rings is 2. The maximum atomic E-state index is 3.46. The first kappa shape index (κ1) is 13.8. The van der Waals surface area contributed by atoms with Gasteiger partial charge in [-0.2, -0.15) is 0 Å². The van der Waals surface area contributed by atoms with Gasteiger partial charge in [0.05, 0.1) is 0 Å². The van der Waals surface area contributed by atoms with Gasteiger partial charge in [-0.05, 0) is 55.1 Å². The summed E-state index contributed by atoms with van der Waals surface area (Å²) in [5.41, 5.74) is 6.65. The highest BCUT2D eigenvalue weighted by Gasteiger charge is 2.03. The molecule has 1 nitrogen and oxygen atoms in total. The van der Waals surface area contributed by atoms with Crippen LogP contribution in [0, 0.1) is 13.8 Å². The summed E-state index contributed by atoms with van der Waals surface area (Å²) in [7, 11) is 0. The minimum Gasteiger partial charge on any atom is -0.313 e. The molecule has 0 saturated carbocycles. The fraction of sp³-hybridized carbons (Fsp3) is 0.333. The van der Waals surface area contributed by atoms with Gasteiger partial charge < -0.3 is 5.32 Å². The number of rotatable bonds is 5. The molecule has 0 heterocycles. The third-order valence-electron chi connectivity index (χ3n) is 3.42. The molecule has 0 bridgehead atoms. The molecular formula is C18H23N. The van der Waals surface area contributed by atoms with Crippen molar-refractivity contribution in [2.75, 3.05) is 6.54 Å².